The summed E-state index contributed by atoms with van der Waals surface area (Å²) < 4.78 is 124. The van der Waals surface area contributed by atoms with Crippen LogP contribution in [-0.4, -0.2) is 165 Å². The molecule has 3 saturated heterocycles. The highest BCUT2D eigenvalue weighted by Crippen LogP contribution is 2.35. The van der Waals surface area contributed by atoms with Crippen LogP contribution in [0.1, 0.15) is 0 Å². The van der Waals surface area contributed by atoms with E-state index in [1.807, 2.05) is 98.7 Å². The molecule has 22 heteroatoms. The van der Waals surface area contributed by atoms with E-state index in [1.165, 1.54) is 0 Å². The number of halogens is 6. The summed E-state index contributed by atoms with van der Waals surface area (Å²) >= 11 is 0. The van der Waals surface area contributed by atoms with Crippen molar-refractivity contribution in [3.8, 4) is 0 Å². The molecule has 0 saturated carbocycles. The number of benzene rings is 4. The van der Waals surface area contributed by atoms with E-state index in [0.29, 0.717) is 36.0 Å². The Morgan fingerprint density at radius 2 is 0.758 bits per heavy atom. The number of carboxylic acids is 2. The molecule has 4 aromatic carbocycles. The SMILES string of the molecule is CN(C)c1cccc2c(S(=O)(=O)N3CC[N+]4(CC3)CC[N+]3(CCN(S(=O)(=O)c5cccc6c(N(C)C)cccc56)CC3)CC4)cccc12.O=C([O-])C(F)(F)F.O=C([O-])C(F)(F)F. The van der Waals surface area contributed by atoms with Gasteiger partial charge in [0.1, 0.15) is 38.1 Å². The number of hydrogen-bond acceptors (Lipinski definition) is 10. The quantitative estimate of drug-likeness (QED) is 0.207. The highest BCUT2D eigenvalue weighted by molar-refractivity contribution is 7.89. The van der Waals surface area contributed by atoms with Gasteiger partial charge in [0.15, 0.2) is 0 Å². The predicted octanol–water partition coefficient (Wildman–Crippen LogP) is 2.08. The topological polar surface area (TPSA) is 162 Å². The minimum absolute atomic E-state index is 0.384. The summed E-state index contributed by atoms with van der Waals surface area (Å²) in [6.07, 6.45) is -10.4. The monoisotopic (exact) mass is 918 g/mol. The fourth-order valence-electron chi connectivity index (χ4n) is 8.23. The molecule has 0 unspecified atom stereocenters. The van der Waals surface area contributed by atoms with Crippen LogP contribution in [0.3, 0.4) is 0 Å². The maximum Gasteiger partial charge on any atom is 0.430 e. The van der Waals surface area contributed by atoms with Gasteiger partial charge in [-0.1, -0.05) is 48.5 Å². The van der Waals surface area contributed by atoms with Crippen molar-refractivity contribution in [2.45, 2.75) is 22.1 Å². The van der Waals surface area contributed by atoms with E-state index in [4.69, 9.17) is 19.8 Å². The summed E-state index contributed by atoms with van der Waals surface area (Å²) in [5.74, 6) is -6.01. The Bertz CT molecular complexity index is 2320. The number of rotatable bonds is 6. The van der Waals surface area contributed by atoms with Crippen LogP contribution in [0.4, 0.5) is 37.7 Å². The van der Waals surface area contributed by atoms with Gasteiger partial charge < -0.3 is 38.6 Å². The van der Waals surface area contributed by atoms with Crippen molar-refractivity contribution >= 4 is 64.9 Å². The number of carbonyl (C=O) groups excluding carboxylic acids is 2. The van der Waals surface area contributed by atoms with Crippen LogP contribution in [0, 0.1) is 0 Å². The molecule has 0 amide bonds. The molecule has 340 valence electrons. The van der Waals surface area contributed by atoms with Crippen molar-refractivity contribution in [1.29, 1.82) is 0 Å². The molecule has 3 aliphatic heterocycles. The van der Waals surface area contributed by atoms with Crippen LogP contribution in [0.5, 0.6) is 0 Å². The number of hydrogen-bond donors (Lipinski definition) is 0. The highest BCUT2D eigenvalue weighted by atomic mass is 32.2. The summed E-state index contributed by atoms with van der Waals surface area (Å²) in [7, 11) is 0.620. The van der Waals surface area contributed by atoms with Gasteiger partial charge >= 0.3 is 12.4 Å². The van der Waals surface area contributed by atoms with Gasteiger partial charge in [-0.25, -0.2) is 16.8 Å². The molecule has 3 aliphatic rings. The molecule has 3 fully saturated rings. The zero-order valence-electron chi connectivity index (χ0n) is 34.4. The number of aliphatic carboxylic acids is 2. The molecule has 3 heterocycles. The van der Waals surface area contributed by atoms with E-state index in [2.05, 4.69) is 0 Å². The molecule has 4 aromatic rings. The first-order valence-corrected chi connectivity index (χ1v) is 22.3. The van der Waals surface area contributed by atoms with Crippen LogP contribution in [0.15, 0.2) is 82.6 Å². The largest absolute Gasteiger partial charge is 0.542 e. The Kier molecular flexibility index (Phi) is 14.1. The van der Waals surface area contributed by atoms with Crippen molar-refractivity contribution in [3.63, 3.8) is 0 Å². The number of quaternary nitrogens is 2. The Morgan fingerprint density at radius 3 is 1.02 bits per heavy atom. The van der Waals surface area contributed by atoms with Gasteiger partial charge in [0.25, 0.3) is 0 Å². The van der Waals surface area contributed by atoms with Crippen LogP contribution in [-0.2, 0) is 29.6 Å². The van der Waals surface area contributed by atoms with Gasteiger partial charge in [-0.05, 0) is 24.3 Å². The lowest BCUT2D eigenvalue weighted by Gasteiger charge is -2.53. The van der Waals surface area contributed by atoms with Gasteiger partial charge in [0.2, 0.25) is 20.0 Å². The summed E-state index contributed by atoms with van der Waals surface area (Å²) in [5.41, 5.74) is 2.01. The van der Waals surface area contributed by atoms with Gasteiger partial charge in [0.05, 0.1) is 62.1 Å². The molecule has 2 spiro atoms. The first kappa shape index (κ1) is 48.3. The van der Waals surface area contributed by atoms with Gasteiger partial charge in [-0.2, -0.15) is 35.0 Å². The highest BCUT2D eigenvalue weighted by Gasteiger charge is 2.48. The summed E-state index contributed by atoms with van der Waals surface area (Å²) in [6.45, 7) is 9.28. The molecule has 0 atom stereocenters. The number of anilines is 2. The van der Waals surface area contributed by atoms with Crippen molar-refractivity contribution in [2.24, 2.45) is 0 Å². The minimum Gasteiger partial charge on any atom is -0.542 e. The molecular weight excluding hydrogens is 871 g/mol. The zero-order valence-corrected chi connectivity index (χ0v) is 36.1. The van der Waals surface area contributed by atoms with E-state index >= 15 is 0 Å². The van der Waals surface area contributed by atoms with E-state index in [9.17, 15) is 43.2 Å². The number of nitrogens with zero attached hydrogens (tertiary/aromatic N) is 6. The standard InChI is InChI=1S/C36H48N6O4S2.2C2HF3O2/c1-37(2)33-13-5-11-31-29(33)9-7-15-35(31)47(43,44)39-17-21-41(22-18-39)25-27-42(28-26-41)23-19-40(20-24-42)48(45,46)36-16-8-10-30-32(36)12-6-14-34(30)38(3)4;2*3-2(4,5)1(6)7/h5-16H,17-28H2,1-4H3;2*(H,6,7)/q+2;;/p-2. The van der Waals surface area contributed by atoms with E-state index in [-0.39, 0.29) is 0 Å². The lowest BCUT2D eigenvalue weighted by Crippen LogP contribution is -2.73. The third-order valence-corrected chi connectivity index (χ3v) is 15.7. The zero-order chi connectivity index (χ0) is 46.1. The second-order valence-electron chi connectivity index (χ2n) is 15.9. The first-order chi connectivity index (χ1) is 28.7. The molecule has 0 N–H and O–H groups in total. The normalized spacial score (nSPS) is 18.4. The molecular formula is C40H48F6N6O8S2. The number of carbonyl (C=O) groups is 2. The number of alkyl halides is 6. The molecule has 0 bridgehead atoms. The summed E-state index contributed by atoms with van der Waals surface area (Å²) in [6, 6.07) is 22.9. The number of sulfonamides is 2. The molecule has 0 aromatic heterocycles. The molecule has 62 heavy (non-hydrogen) atoms. The first-order valence-electron chi connectivity index (χ1n) is 19.4. The molecule has 0 aliphatic carbocycles. The van der Waals surface area contributed by atoms with E-state index in [0.717, 1.165) is 94.2 Å². The lowest BCUT2D eigenvalue weighted by molar-refractivity contribution is -1.03. The van der Waals surface area contributed by atoms with Crippen molar-refractivity contribution in [2.75, 3.05) is 117 Å². The maximum atomic E-state index is 14.0. The Balaban J connectivity index is 0.000000448. The average molecular weight is 919 g/mol. The minimum atomic E-state index is -5.19. The van der Waals surface area contributed by atoms with Gasteiger partial charge in [-0.15, -0.1) is 0 Å². The fourth-order valence-corrected chi connectivity index (χ4v) is 11.5. The number of piperazine rings is 3. The molecule has 0 radical (unpaired) electrons. The number of carboxylic acid groups (broad SMARTS) is 2. The second-order valence-corrected chi connectivity index (χ2v) is 19.7. The van der Waals surface area contributed by atoms with Crippen molar-refractivity contribution < 1.29 is 71.9 Å². The van der Waals surface area contributed by atoms with Crippen LogP contribution in [0.2, 0.25) is 0 Å². The third kappa shape index (κ3) is 10.4. The third-order valence-electron chi connectivity index (χ3n) is 11.8. The van der Waals surface area contributed by atoms with Crippen molar-refractivity contribution in [1.82, 2.24) is 8.61 Å². The summed E-state index contributed by atoms with van der Waals surface area (Å²) in [5, 5.41) is 21.0. The fraction of sp³-hybridized carbons (Fsp3) is 0.450. The maximum absolute atomic E-state index is 14.0. The Morgan fingerprint density at radius 1 is 0.500 bits per heavy atom. The van der Waals surface area contributed by atoms with Crippen LogP contribution >= 0.6 is 0 Å². The summed E-state index contributed by atoms with van der Waals surface area (Å²) in [4.78, 5) is 22.4. The smallest absolute Gasteiger partial charge is 0.430 e. The Labute approximate surface area is 356 Å². The van der Waals surface area contributed by atoms with Crippen LogP contribution in [0.25, 0.3) is 21.5 Å². The predicted molar refractivity (Wildman–Crippen MR) is 216 cm³/mol. The van der Waals surface area contributed by atoms with E-state index in [1.54, 1.807) is 20.7 Å². The molecule has 7 rings (SSSR count). The molecule has 14 nitrogen and oxygen atoms in total. The van der Waals surface area contributed by atoms with Gasteiger partial charge in [-0.3, -0.25) is 0 Å². The van der Waals surface area contributed by atoms with Crippen LogP contribution < -0.4 is 20.0 Å². The Hall–Kier alpha value is -4.74. The van der Waals surface area contributed by atoms with E-state index < -0.39 is 44.3 Å². The average Bonchev–Trinajstić information content (AvgIpc) is 3.21. The lowest BCUT2D eigenvalue weighted by atomic mass is 10.1. The van der Waals surface area contributed by atoms with Gasteiger partial charge in [0, 0.05) is 61.1 Å². The second kappa shape index (κ2) is 18.2. The number of fused-ring (bicyclic) bond motifs is 2. The van der Waals surface area contributed by atoms with Crippen molar-refractivity contribution in [3.05, 3.63) is 72.8 Å².